The van der Waals surface area contributed by atoms with Crippen LogP contribution in [0.5, 0.6) is 0 Å². The monoisotopic (exact) mass is 353 g/mol. The van der Waals surface area contributed by atoms with E-state index in [-0.39, 0.29) is 5.60 Å². The summed E-state index contributed by atoms with van der Waals surface area (Å²) in [5.41, 5.74) is 2.34. The lowest BCUT2D eigenvalue weighted by Gasteiger charge is -2.35. The molecule has 3 heterocycles. The van der Waals surface area contributed by atoms with Crippen LogP contribution >= 0.6 is 0 Å². The molecule has 26 heavy (non-hydrogen) atoms. The van der Waals surface area contributed by atoms with Crippen LogP contribution in [-0.4, -0.2) is 34.9 Å². The van der Waals surface area contributed by atoms with Gasteiger partial charge in [-0.25, -0.2) is 9.31 Å². The van der Waals surface area contributed by atoms with Gasteiger partial charge in [-0.2, -0.15) is 10.4 Å². The Morgan fingerprint density at radius 1 is 1.42 bits per heavy atom. The molecule has 0 amide bonds. The molecule has 2 aromatic rings. The lowest BCUT2D eigenvalue weighted by Crippen LogP contribution is -2.33. The van der Waals surface area contributed by atoms with Crippen LogP contribution in [0.4, 0.5) is 0 Å². The topological polar surface area (TPSA) is 76.6 Å². The lowest BCUT2D eigenvalue weighted by molar-refractivity contribution is -0.0593. The lowest BCUT2D eigenvalue weighted by atomic mass is 9.84. The number of fused-ring (bicyclic) bond motifs is 1. The molecule has 2 aliphatic rings. The smallest absolute Gasteiger partial charge is 0.339 e. The molecule has 0 N–H and O–H groups in total. The number of hydrogen-bond acceptors (Lipinski definition) is 5. The van der Waals surface area contributed by atoms with Crippen molar-refractivity contribution in [3.8, 4) is 6.07 Å². The Balaban J connectivity index is 1.80. The average molecular weight is 353 g/mol. The second kappa shape index (κ2) is 5.82. The zero-order valence-electron chi connectivity index (χ0n) is 15.4. The van der Waals surface area contributed by atoms with E-state index in [1.807, 2.05) is 6.20 Å². The number of ether oxygens (including phenoxy) is 2. The third kappa shape index (κ3) is 2.67. The van der Waals surface area contributed by atoms with E-state index < -0.39 is 11.4 Å². The molecule has 1 saturated heterocycles. The molecule has 6 nitrogen and oxygen atoms in total. The van der Waals surface area contributed by atoms with Gasteiger partial charge in [0.1, 0.15) is 5.41 Å². The summed E-state index contributed by atoms with van der Waals surface area (Å²) in [4.78, 5) is 12.3. The highest BCUT2D eigenvalue weighted by Gasteiger charge is 2.50. The van der Waals surface area contributed by atoms with Crippen LogP contribution in [0, 0.1) is 11.3 Å². The van der Waals surface area contributed by atoms with Crippen molar-refractivity contribution < 1.29 is 14.3 Å². The molecule has 4 rings (SSSR count). The van der Waals surface area contributed by atoms with Crippen molar-refractivity contribution in [3.63, 3.8) is 0 Å². The Bertz CT molecular complexity index is 918. The number of carbonyl (C=O) groups excluding carboxylic acids is 1. The Morgan fingerprint density at radius 2 is 2.19 bits per heavy atom. The fourth-order valence-corrected chi connectivity index (χ4v) is 4.07. The Morgan fingerprint density at radius 3 is 2.81 bits per heavy atom. The summed E-state index contributed by atoms with van der Waals surface area (Å²) in [5, 5.41) is 14.2. The van der Waals surface area contributed by atoms with Crippen LogP contribution < -0.4 is 0 Å². The zero-order chi connectivity index (χ0) is 18.5. The van der Waals surface area contributed by atoms with E-state index in [9.17, 15) is 10.1 Å². The highest BCUT2D eigenvalue weighted by molar-refractivity contribution is 5.93. The van der Waals surface area contributed by atoms with Crippen molar-refractivity contribution in [1.82, 2.24) is 9.61 Å². The van der Waals surface area contributed by atoms with Gasteiger partial charge in [0.25, 0.3) is 0 Å². The normalized spacial score (nSPS) is 23.4. The van der Waals surface area contributed by atoms with Gasteiger partial charge in [-0.3, -0.25) is 0 Å². The van der Waals surface area contributed by atoms with Gasteiger partial charge in [-0.1, -0.05) is 0 Å². The first kappa shape index (κ1) is 17.0. The molecule has 136 valence electrons. The molecule has 1 aliphatic heterocycles. The minimum Gasteiger partial charge on any atom is -0.465 e. The molecule has 1 aliphatic carbocycles. The number of nitrogens with zero attached hydrogens (tertiary/aromatic N) is 3. The number of aromatic nitrogens is 2. The summed E-state index contributed by atoms with van der Waals surface area (Å²) in [7, 11) is 1.36. The molecule has 2 fully saturated rings. The number of nitriles is 1. The van der Waals surface area contributed by atoms with Gasteiger partial charge in [-0.05, 0) is 63.1 Å². The first-order chi connectivity index (χ1) is 12.4. The van der Waals surface area contributed by atoms with Gasteiger partial charge in [-0.15, -0.1) is 0 Å². The van der Waals surface area contributed by atoms with Crippen molar-refractivity contribution in [1.29, 1.82) is 5.26 Å². The van der Waals surface area contributed by atoms with E-state index in [4.69, 9.17) is 9.47 Å². The van der Waals surface area contributed by atoms with E-state index >= 15 is 0 Å². The van der Waals surface area contributed by atoms with Crippen molar-refractivity contribution in [2.75, 3.05) is 13.7 Å². The Labute approximate surface area is 152 Å². The third-order valence-corrected chi connectivity index (χ3v) is 5.63. The quantitative estimate of drug-likeness (QED) is 0.791. The van der Waals surface area contributed by atoms with Crippen LogP contribution in [0.3, 0.4) is 0 Å². The molecule has 0 radical (unpaired) electrons. The van der Waals surface area contributed by atoms with Gasteiger partial charge < -0.3 is 9.47 Å². The summed E-state index contributed by atoms with van der Waals surface area (Å²) in [6.45, 7) is 4.96. The van der Waals surface area contributed by atoms with Gasteiger partial charge in [0.2, 0.25) is 0 Å². The van der Waals surface area contributed by atoms with Gasteiger partial charge in [0.15, 0.2) is 0 Å². The molecule has 1 saturated carbocycles. The van der Waals surface area contributed by atoms with Gasteiger partial charge in [0.05, 0.1) is 41.8 Å². The van der Waals surface area contributed by atoms with E-state index in [0.717, 1.165) is 43.4 Å². The van der Waals surface area contributed by atoms with Crippen molar-refractivity contribution >= 4 is 11.5 Å². The summed E-state index contributed by atoms with van der Waals surface area (Å²) in [6, 6.07) is 6.26. The molecular weight excluding hydrogens is 330 g/mol. The maximum absolute atomic E-state index is 12.3. The van der Waals surface area contributed by atoms with Crippen LogP contribution in [0.15, 0.2) is 18.3 Å². The van der Waals surface area contributed by atoms with Crippen LogP contribution in [-0.2, 0) is 14.9 Å². The first-order valence-electron chi connectivity index (χ1n) is 9.05. The second-order valence-corrected chi connectivity index (χ2v) is 8.02. The third-order valence-electron chi connectivity index (χ3n) is 5.63. The Hall–Kier alpha value is -2.39. The number of hydrogen-bond donors (Lipinski definition) is 0. The molecule has 6 heteroatoms. The second-order valence-electron chi connectivity index (χ2n) is 8.02. The molecule has 2 aromatic heterocycles. The van der Waals surface area contributed by atoms with Crippen molar-refractivity contribution in [2.24, 2.45) is 0 Å². The highest BCUT2D eigenvalue weighted by atomic mass is 16.5. The fourth-order valence-electron chi connectivity index (χ4n) is 4.07. The highest BCUT2D eigenvalue weighted by Crippen LogP contribution is 2.49. The Kier molecular flexibility index (Phi) is 3.81. The number of esters is 1. The minimum atomic E-state index is -0.620. The van der Waals surface area contributed by atoms with E-state index in [0.29, 0.717) is 17.2 Å². The van der Waals surface area contributed by atoms with E-state index in [1.165, 1.54) is 7.11 Å². The summed E-state index contributed by atoms with van der Waals surface area (Å²) >= 11 is 0. The number of rotatable bonds is 3. The molecule has 0 spiro atoms. The largest absolute Gasteiger partial charge is 0.465 e. The standard InChI is InChI=1S/C20H23N3O3/c1-19(2)10-13(4-7-26-19)14-8-15-9-16(18(24)25-3)17(23(15)22-11-14)20(12-21)5-6-20/h8-9,11,13H,4-7,10H2,1-3H3. The van der Waals surface area contributed by atoms with E-state index in [1.54, 1.807) is 10.6 Å². The predicted molar refractivity (Wildman–Crippen MR) is 95.1 cm³/mol. The minimum absolute atomic E-state index is 0.141. The molecule has 0 aromatic carbocycles. The van der Waals surface area contributed by atoms with Gasteiger partial charge >= 0.3 is 5.97 Å². The first-order valence-corrected chi connectivity index (χ1v) is 9.05. The van der Waals surface area contributed by atoms with Crippen molar-refractivity contribution in [3.05, 3.63) is 35.2 Å². The summed E-state index contributed by atoms with van der Waals surface area (Å²) < 4.78 is 12.5. The van der Waals surface area contributed by atoms with Crippen LogP contribution in [0.2, 0.25) is 0 Å². The van der Waals surface area contributed by atoms with Crippen LogP contribution in [0.25, 0.3) is 5.52 Å². The van der Waals surface area contributed by atoms with Crippen LogP contribution in [0.1, 0.15) is 67.1 Å². The molecular formula is C20H23N3O3. The molecule has 1 unspecified atom stereocenters. The SMILES string of the molecule is COC(=O)c1cc2cc(C3CCOC(C)(C)C3)cnn2c1C1(C#N)CC1. The average Bonchev–Trinajstić information content (AvgIpc) is 3.32. The molecule has 0 bridgehead atoms. The number of methoxy groups -OCH3 is 1. The summed E-state index contributed by atoms with van der Waals surface area (Å²) in [5.74, 6) is -0.0391. The zero-order valence-corrected chi connectivity index (χ0v) is 15.4. The van der Waals surface area contributed by atoms with Crippen molar-refractivity contribution in [2.45, 2.75) is 56.5 Å². The fraction of sp³-hybridized carbons (Fsp3) is 0.550. The maximum Gasteiger partial charge on any atom is 0.339 e. The number of carbonyl (C=O) groups is 1. The van der Waals surface area contributed by atoms with Gasteiger partial charge in [0, 0.05) is 6.61 Å². The predicted octanol–water partition coefficient (Wildman–Crippen LogP) is 3.35. The maximum atomic E-state index is 12.3. The summed E-state index contributed by atoms with van der Waals surface area (Å²) in [6.07, 6.45) is 5.26. The van der Waals surface area contributed by atoms with E-state index in [2.05, 4.69) is 31.1 Å². The molecule has 1 atom stereocenters.